The lowest BCUT2D eigenvalue weighted by Gasteiger charge is -2.05. The van der Waals surface area contributed by atoms with E-state index >= 15 is 0 Å². The first-order valence-corrected chi connectivity index (χ1v) is 5.19. The second-order valence-corrected chi connectivity index (χ2v) is 3.62. The molecule has 1 aromatic rings. The number of nitrogens with one attached hydrogen (secondary N) is 1. The molecule has 0 saturated carbocycles. The maximum atomic E-state index is 11.5. The van der Waals surface area contributed by atoms with Crippen LogP contribution in [0.3, 0.4) is 0 Å². The molecule has 0 aliphatic carbocycles. The van der Waals surface area contributed by atoms with Gasteiger partial charge in [0.2, 0.25) is 0 Å². The van der Waals surface area contributed by atoms with Crippen LogP contribution in [0.1, 0.15) is 34.2 Å². The van der Waals surface area contributed by atoms with Gasteiger partial charge in [0.1, 0.15) is 5.76 Å². The predicted octanol–water partition coefficient (Wildman–Crippen LogP) is 1.91. The average molecular weight is 237 g/mol. The zero-order chi connectivity index (χ0) is 13.2. The Kier molecular flexibility index (Phi) is 3.73. The summed E-state index contributed by atoms with van der Waals surface area (Å²) in [4.78, 5) is 25.1. The number of hydrogen-bond acceptors (Lipinski definition) is 3. The number of carboxylic acids is 1. The van der Waals surface area contributed by atoms with Gasteiger partial charge in [0.25, 0.3) is 5.78 Å². The van der Waals surface area contributed by atoms with Crippen LogP contribution in [0.4, 0.5) is 0 Å². The van der Waals surface area contributed by atoms with Gasteiger partial charge < -0.3 is 14.8 Å². The number of aryl methyl sites for hydroxylation is 1. The third kappa shape index (κ3) is 2.38. The lowest BCUT2D eigenvalue weighted by molar-refractivity contribution is -0.131. The van der Waals surface area contributed by atoms with Crippen molar-refractivity contribution in [1.29, 1.82) is 0 Å². The number of carbonyl (C=O) groups is 2. The number of carbonyl (C=O) groups excluding carboxylic acids is 1. The summed E-state index contributed by atoms with van der Waals surface area (Å²) in [5, 5.41) is 8.72. The Morgan fingerprint density at radius 3 is 2.47 bits per heavy atom. The highest BCUT2D eigenvalue weighted by molar-refractivity contribution is 6.40. The Morgan fingerprint density at radius 1 is 1.41 bits per heavy atom. The van der Waals surface area contributed by atoms with Gasteiger partial charge in [-0.15, -0.1) is 0 Å². The zero-order valence-electron chi connectivity index (χ0n) is 10.1. The van der Waals surface area contributed by atoms with E-state index < -0.39 is 11.8 Å². The van der Waals surface area contributed by atoms with E-state index in [-0.39, 0.29) is 5.56 Å². The van der Waals surface area contributed by atoms with Crippen molar-refractivity contribution in [3.05, 3.63) is 29.1 Å². The first kappa shape index (κ1) is 13.0. The molecule has 5 heteroatoms. The molecule has 1 rings (SSSR count). The summed E-state index contributed by atoms with van der Waals surface area (Å²) in [5.41, 5.74) is 1.79. The van der Waals surface area contributed by atoms with Crippen molar-refractivity contribution in [2.45, 2.75) is 20.8 Å². The number of ether oxygens (including phenoxy) is 1. The summed E-state index contributed by atoms with van der Waals surface area (Å²) in [5.74, 6) is -1.99. The van der Waals surface area contributed by atoms with Crippen molar-refractivity contribution in [1.82, 2.24) is 4.98 Å². The van der Waals surface area contributed by atoms with E-state index in [1.54, 1.807) is 13.8 Å². The molecular formula is C12H15NO4. The average Bonchev–Trinajstić information content (AvgIpc) is 2.53. The van der Waals surface area contributed by atoms with Gasteiger partial charge in [-0.1, -0.05) is 6.58 Å². The number of aliphatic carboxylic acids is 1. The quantitative estimate of drug-likeness (QED) is 0.465. The van der Waals surface area contributed by atoms with Crippen LogP contribution in [0.2, 0.25) is 0 Å². The number of Topliss-reactive ketones (excluding diaryl/α,β-unsaturated/α-hetero) is 1. The van der Waals surface area contributed by atoms with Gasteiger partial charge in [0.05, 0.1) is 17.9 Å². The molecule has 2 N–H and O–H groups in total. The molecule has 5 nitrogen and oxygen atoms in total. The zero-order valence-corrected chi connectivity index (χ0v) is 10.1. The Hall–Kier alpha value is -2.04. The van der Waals surface area contributed by atoms with Crippen LogP contribution in [-0.4, -0.2) is 28.4 Å². The first-order chi connectivity index (χ1) is 7.90. The highest BCUT2D eigenvalue weighted by atomic mass is 16.5. The summed E-state index contributed by atoms with van der Waals surface area (Å²) in [6, 6.07) is 0. The summed E-state index contributed by atoms with van der Waals surface area (Å²) in [6.07, 6.45) is 0. The van der Waals surface area contributed by atoms with Crippen molar-refractivity contribution in [2.75, 3.05) is 6.61 Å². The lowest BCUT2D eigenvalue weighted by atomic mass is 10.1. The Bertz CT molecular complexity index is 485. The first-order valence-electron chi connectivity index (χ1n) is 5.19. The smallest absolute Gasteiger partial charge is 0.377 e. The van der Waals surface area contributed by atoms with E-state index in [4.69, 9.17) is 9.84 Å². The number of aromatic amines is 1. The standard InChI is InChI=1S/C12H15NO4/c1-5-17-8(4)10-6(2)9(7(3)13-10)11(14)12(15)16/h13H,4-5H2,1-3H3,(H,15,16). The van der Waals surface area contributed by atoms with Gasteiger partial charge >= 0.3 is 5.97 Å². The van der Waals surface area contributed by atoms with Gasteiger partial charge in [0, 0.05) is 5.69 Å². The molecule has 0 spiro atoms. The molecular weight excluding hydrogens is 222 g/mol. The molecule has 1 aromatic heterocycles. The summed E-state index contributed by atoms with van der Waals surface area (Å²) in [7, 11) is 0. The Balaban J connectivity index is 3.23. The van der Waals surface area contributed by atoms with Crippen molar-refractivity contribution in [3.8, 4) is 0 Å². The number of aromatic nitrogens is 1. The third-order valence-electron chi connectivity index (χ3n) is 2.46. The maximum absolute atomic E-state index is 11.5. The van der Waals surface area contributed by atoms with Crippen molar-refractivity contribution in [3.63, 3.8) is 0 Å². The van der Waals surface area contributed by atoms with Gasteiger partial charge in [0.15, 0.2) is 0 Å². The minimum atomic E-state index is -1.47. The van der Waals surface area contributed by atoms with Crippen LogP contribution in [0, 0.1) is 13.8 Å². The number of rotatable bonds is 5. The molecule has 0 aromatic carbocycles. The Labute approximate surface area is 99.1 Å². The molecule has 0 atom stereocenters. The molecule has 17 heavy (non-hydrogen) atoms. The van der Waals surface area contributed by atoms with Crippen LogP contribution in [-0.2, 0) is 9.53 Å². The molecule has 0 fully saturated rings. The van der Waals surface area contributed by atoms with Crippen LogP contribution < -0.4 is 0 Å². The molecule has 92 valence electrons. The van der Waals surface area contributed by atoms with E-state index in [9.17, 15) is 9.59 Å². The molecule has 0 saturated heterocycles. The Morgan fingerprint density at radius 2 is 2.00 bits per heavy atom. The van der Waals surface area contributed by atoms with Crippen molar-refractivity contribution < 1.29 is 19.4 Å². The fraction of sp³-hybridized carbons (Fsp3) is 0.333. The van der Waals surface area contributed by atoms with Crippen LogP contribution >= 0.6 is 0 Å². The molecule has 0 unspecified atom stereocenters. The summed E-state index contributed by atoms with van der Waals surface area (Å²) >= 11 is 0. The monoisotopic (exact) mass is 237 g/mol. The van der Waals surface area contributed by atoms with Crippen molar-refractivity contribution >= 4 is 17.5 Å². The predicted molar refractivity (Wildman–Crippen MR) is 62.9 cm³/mol. The highest BCUT2D eigenvalue weighted by Gasteiger charge is 2.24. The topological polar surface area (TPSA) is 79.4 Å². The molecule has 0 amide bonds. The lowest BCUT2D eigenvalue weighted by Crippen LogP contribution is -2.14. The molecule has 0 bridgehead atoms. The van der Waals surface area contributed by atoms with Crippen molar-refractivity contribution in [2.24, 2.45) is 0 Å². The van der Waals surface area contributed by atoms with Gasteiger partial charge in [-0.25, -0.2) is 4.79 Å². The minimum Gasteiger partial charge on any atom is -0.492 e. The SMILES string of the molecule is C=C(OCC)c1[nH]c(C)c(C(=O)C(=O)O)c1C. The fourth-order valence-electron chi connectivity index (χ4n) is 1.72. The largest absolute Gasteiger partial charge is 0.492 e. The van der Waals surface area contributed by atoms with E-state index in [0.717, 1.165) is 0 Å². The second-order valence-electron chi connectivity index (χ2n) is 3.62. The van der Waals surface area contributed by atoms with Crippen LogP contribution in [0.15, 0.2) is 6.58 Å². The number of ketones is 1. The van der Waals surface area contributed by atoms with Gasteiger partial charge in [-0.3, -0.25) is 4.79 Å². The third-order valence-corrected chi connectivity index (χ3v) is 2.46. The highest BCUT2D eigenvalue weighted by Crippen LogP contribution is 2.24. The number of H-pyrrole nitrogens is 1. The molecule has 0 aliphatic heterocycles. The van der Waals surface area contributed by atoms with E-state index in [1.807, 2.05) is 6.92 Å². The number of carboxylic acid groups (broad SMARTS) is 1. The summed E-state index contributed by atoms with van der Waals surface area (Å²) < 4.78 is 5.23. The number of hydrogen-bond donors (Lipinski definition) is 2. The molecule has 0 aliphatic rings. The minimum absolute atomic E-state index is 0.174. The normalized spacial score (nSPS) is 10.1. The fourth-order valence-corrected chi connectivity index (χ4v) is 1.72. The van der Waals surface area contributed by atoms with Crippen LogP contribution in [0.5, 0.6) is 0 Å². The van der Waals surface area contributed by atoms with E-state index in [0.29, 0.717) is 29.3 Å². The summed E-state index contributed by atoms with van der Waals surface area (Å²) in [6.45, 7) is 9.31. The maximum Gasteiger partial charge on any atom is 0.377 e. The van der Waals surface area contributed by atoms with E-state index in [1.165, 1.54) is 0 Å². The molecule has 1 heterocycles. The van der Waals surface area contributed by atoms with E-state index in [2.05, 4.69) is 11.6 Å². The van der Waals surface area contributed by atoms with Crippen LogP contribution in [0.25, 0.3) is 5.76 Å². The second kappa shape index (κ2) is 4.86. The van der Waals surface area contributed by atoms with Gasteiger partial charge in [-0.05, 0) is 26.3 Å². The molecule has 0 radical (unpaired) electrons. The van der Waals surface area contributed by atoms with Gasteiger partial charge in [-0.2, -0.15) is 0 Å².